The predicted molar refractivity (Wildman–Crippen MR) is 121 cm³/mol. The molecule has 1 atom stereocenters. The van der Waals surface area contributed by atoms with Gasteiger partial charge in [-0.05, 0) is 49.2 Å². The van der Waals surface area contributed by atoms with Gasteiger partial charge in [-0.15, -0.1) is 0 Å². The van der Waals surface area contributed by atoms with Crippen molar-refractivity contribution in [1.29, 1.82) is 0 Å². The van der Waals surface area contributed by atoms with Gasteiger partial charge in [-0.1, -0.05) is 12.1 Å². The van der Waals surface area contributed by atoms with E-state index in [2.05, 4.69) is 4.98 Å². The van der Waals surface area contributed by atoms with Crippen LogP contribution in [0.3, 0.4) is 0 Å². The van der Waals surface area contributed by atoms with E-state index >= 15 is 0 Å². The van der Waals surface area contributed by atoms with Crippen molar-refractivity contribution >= 4 is 33.2 Å². The summed E-state index contributed by atoms with van der Waals surface area (Å²) in [6.07, 6.45) is 3.60. The molecule has 1 aliphatic heterocycles. The van der Waals surface area contributed by atoms with Crippen LogP contribution in [0.4, 0.5) is 0 Å². The Balaban J connectivity index is 1.66. The average molecular weight is 427 g/mol. The van der Waals surface area contributed by atoms with Gasteiger partial charge < -0.3 is 9.47 Å². The summed E-state index contributed by atoms with van der Waals surface area (Å²) in [5.41, 5.74) is 3.89. The maximum Gasteiger partial charge on any atom is 0.265 e. The van der Waals surface area contributed by atoms with Crippen LogP contribution >= 0.6 is 0 Å². The third-order valence-electron chi connectivity index (χ3n) is 5.99. The summed E-state index contributed by atoms with van der Waals surface area (Å²) in [6, 6.07) is 15.3. The molecule has 160 valence electrons. The molecule has 0 radical (unpaired) electrons. The number of fused-ring (bicyclic) bond motifs is 4. The summed E-state index contributed by atoms with van der Waals surface area (Å²) >= 11 is 0. The van der Waals surface area contributed by atoms with E-state index in [9.17, 15) is 4.79 Å². The highest BCUT2D eigenvalue weighted by Crippen LogP contribution is 2.29. The van der Waals surface area contributed by atoms with Gasteiger partial charge in [0.1, 0.15) is 23.0 Å². The van der Waals surface area contributed by atoms with Gasteiger partial charge in [0.25, 0.3) is 5.56 Å². The van der Waals surface area contributed by atoms with Crippen LogP contribution in [-0.4, -0.2) is 43.9 Å². The molecule has 4 heterocycles. The van der Waals surface area contributed by atoms with Crippen molar-refractivity contribution in [2.24, 2.45) is 0 Å². The highest BCUT2D eigenvalue weighted by atomic mass is 16.5. The fourth-order valence-corrected chi connectivity index (χ4v) is 4.39. The van der Waals surface area contributed by atoms with Gasteiger partial charge >= 0.3 is 0 Å². The molecule has 8 heteroatoms. The van der Waals surface area contributed by atoms with Crippen molar-refractivity contribution < 1.29 is 9.47 Å². The number of aromatic nitrogens is 5. The Kier molecular flexibility index (Phi) is 4.39. The van der Waals surface area contributed by atoms with E-state index < -0.39 is 0 Å². The first-order valence-corrected chi connectivity index (χ1v) is 10.7. The molecule has 1 aliphatic rings. The minimum Gasteiger partial charge on any atom is -0.497 e. The lowest BCUT2D eigenvalue weighted by molar-refractivity contribution is 0.0960. The van der Waals surface area contributed by atoms with Gasteiger partial charge in [0.05, 0.1) is 30.8 Å². The second kappa shape index (κ2) is 7.42. The number of rotatable bonds is 4. The number of ether oxygens (including phenoxy) is 2. The monoisotopic (exact) mass is 427 g/mol. The fraction of sp³-hybridized carbons (Fsp3) is 0.250. The number of benzene rings is 2. The average Bonchev–Trinajstić information content (AvgIpc) is 3.45. The van der Waals surface area contributed by atoms with Crippen LogP contribution in [0.2, 0.25) is 0 Å². The minimum absolute atomic E-state index is 0.0359. The first-order valence-electron chi connectivity index (χ1n) is 10.7. The number of nitrogens with zero attached hydrogens (tertiary/aromatic N) is 5. The number of hydrogen-bond donors (Lipinski definition) is 0. The topological polar surface area (TPSA) is 84.1 Å². The van der Waals surface area contributed by atoms with Crippen LogP contribution in [0, 0.1) is 0 Å². The Labute approximate surface area is 183 Å². The van der Waals surface area contributed by atoms with E-state index in [4.69, 9.17) is 19.4 Å². The van der Waals surface area contributed by atoms with E-state index in [0.29, 0.717) is 28.7 Å². The summed E-state index contributed by atoms with van der Waals surface area (Å²) < 4.78 is 14.6. The molecule has 2 aromatic carbocycles. The maximum absolute atomic E-state index is 13.6. The van der Waals surface area contributed by atoms with Gasteiger partial charge in [0.2, 0.25) is 0 Å². The molecule has 32 heavy (non-hydrogen) atoms. The lowest BCUT2D eigenvalue weighted by Crippen LogP contribution is -2.26. The number of hydrogen-bond acceptors (Lipinski definition) is 6. The molecule has 0 saturated carbocycles. The SMILES string of the molecule is COc1ccc(-n2c3nc4ccccc4nc3c3c(=O)n(CC4CCCO4)cnc32)cc1. The van der Waals surface area contributed by atoms with Crippen LogP contribution in [0.15, 0.2) is 59.7 Å². The van der Waals surface area contributed by atoms with Crippen LogP contribution in [0.5, 0.6) is 5.75 Å². The summed E-state index contributed by atoms with van der Waals surface area (Å²) in [4.78, 5) is 28.0. The molecule has 1 unspecified atom stereocenters. The van der Waals surface area contributed by atoms with Gasteiger partial charge in [-0.3, -0.25) is 13.9 Å². The molecule has 0 spiro atoms. The smallest absolute Gasteiger partial charge is 0.265 e. The Morgan fingerprint density at radius 2 is 1.84 bits per heavy atom. The van der Waals surface area contributed by atoms with Gasteiger partial charge in [-0.25, -0.2) is 15.0 Å². The molecule has 0 aliphatic carbocycles. The molecular formula is C24H21N5O3. The largest absolute Gasteiger partial charge is 0.497 e. The number of para-hydroxylation sites is 2. The molecular weight excluding hydrogens is 406 g/mol. The Morgan fingerprint density at radius 1 is 1.06 bits per heavy atom. The molecule has 0 amide bonds. The molecule has 5 aromatic rings. The van der Waals surface area contributed by atoms with Gasteiger partial charge in [0, 0.05) is 12.3 Å². The summed E-state index contributed by atoms with van der Waals surface area (Å²) in [6.45, 7) is 1.22. The van der Waals surface area contributed by atoms with Crippen molar-refractivity contribution in [3.63, 3.8) is 0 Å². The van der Waals surface area contributed by atoms with E-state index in [1.54, 1.807) is 18.0 Å². The number of methoxy groups -OCH3 is 1. The van der Waals surface area contributed by atoms with E-state index in [1.165, 1.54) is 0 Å². The lowest BCUT2D eigenvalue weighted by atomic mass is 10.2. The standard InChI is InChI=1S/C24H21N5O3/c1-31-16-10-8-15(9-11-16)29-22-20(21-23(29)27-19-7-3-2-6-18(19)26-21)24(30)28(14-25-22)13-17-5-4-12-32-17/h2-3,6-11,14,17H,4-5,12-13H2,1H3. The third kappa shape index (κ3) is 2.95. The highest BCUT2D eigenvalue weighted by molar-refractivity contribution is 6.05. The van der Waals surface area contributed by atoms with Crippen molar-refractivity contribution in [3.05, 3.63) is 65.2 Å². The zero-order chi connectivity index (χ0) is 21.7. The fourth-order valence-electron chi connectivity index (χ4n) is 4.39. The van der Waals surface area contributed by atoms with E-state index in [0.717, 1.165) is 41.9 Å². The van der Waals surface area contributed by atoms with E-state index in [1.807, 2.05) is 53.1 Å². The second-order valence-electron chi connectivity index (χ2n) is 7.95. The summed E-state index contributed by atoms with van der Waals surface area (Å²) in [7, 11) is 1.63. The zero-order valence-corrected chi connectivity index (χ0v) is 17.6. The molecule has 6 rings (SSSR count). The Morgan fingerprint density at radius 3 is 2.56 bits per heavy atom. The zero-order valence-electron chi connectivity index (χ0n) is 17.6. The molecule has 8 nitrogen and oxygen atoms in total. The first kappa shape index (κ1) is 18.9. The van der Waals surface area contributed by atoms with Gasteiger partial charge in [-0.2, -0.15) is 0 Å². The molecule has 0 N–H and O–H groups in total. The van der Waals surface area contributed by atoms with Crippen molar-refractivity contribution in [1.82, 2.24) is 24.1 Å². The van der Waals surface area contributed by atoms with Crippen LogP contribution in [-0.2, 0) is 11.3 Å². The van der Waals surface area contributed by atoms with Gasteiger partial charge in [0.15, 0.2) is 11.3 Å². The van der Waals surface area contributed by atoms with Crippen molar-refractivity contribution in [3.8, 4) is 11.4 Å². The molecule has 1 fully saturated rings. The quantitative estimate of drug-likeness (QED) is 0.437. The summed E-state index contributed by atoms with van der Waals surface area (Å²) in [5, 5.41) is 0.467. The second-order valence-corrected chi connectivity index (χ2v) is 7.95. The summed E-state index contributed by atoms with van der Waals surface area (Å²) in [5.74, 6) is 0.748. The van der Waals surface area contributed by atoms with Crippen molar-refractivity contribution in [2.75, 3.05) is 13.7 Å². The highest BCUT2D eigenvalue weighted by Gasteiger charge is 2.23. The molecule has 0 bridgehead atoms. The minimum atomic E-state index is -0.132. The van der Waals surface area contributed by atoms with Crippen LogP contribution in [0.1, 0.15) is 12.8 Å². The van der Waals surface area contributed by atoms with Crippen molar-refractivity contribution in [2.45, 2.75) is 25.5 Å². The van der Waals surface area contributed by atoms with Crippen LogP contribution < -0.4 is 10.3 Å². The maximum atomic E-state index is 13.6. The first-order chi connectivity index (χ1) is 15.7. The third-order valence-corrected chi connectivity index (χ3v) is 5.99. The van der Waals surface area contributed by atoms with Crippen LogP contribution in [0.25, 0.3) is 38.9 Å². The molecule has 1 saturated heterocycles. The Bertz CT molecular complexity index is 1510. The van der Waals surface area contributed by atoms with E-state index in [-0.39, 0.29) is 11.7 Å². The molecule has 3 aromatic heterocycles. The normalized spacial score (nSPS) is 16.3. The lowest BCUT2D eigenvalue weighted by Gasteiger charge is -2.11. The predicted octanol–water partition coefficient (Wildman–Crippen LogP) is 3.47. The Hall–Kier alpha value is -3.78.